The average molecular weight is 453 g/mol. The molecule has 0 saturated carbocycles. The number of alkyl halides is 3. The molecule has 3 heterocycles. The maximum Gasteiger partial charge on any atom is 0.416 e. The molecule has 9 heteroatoms. The van der Waals surface area contributed by atoms with Crippen LogP contribution in [0.1, 0.15) is 22.3 Å². The van der Waals surface area contributed by atoms with Crippen LogP contribution in [0.3, 0.4) is 0 Å². The van der Waals surface area contributed by atoms with Gasteiger partial charge in [0.25, 0.3) is 0 Å². The molecule has 170 valence electrons. The van der Waals surface area contributed by atoms with Gasteiger partial charge in [-0.25, -0.2) is 4.99 Å². The number of amides is 1. The molecule has 0 spiro atoms. The maximum absolute atomic E-state index is 13.0. The fourth-order valence-corrected chi connectivity index (χ4v) is 4.70. The minimum absolute atomic E-state index is 0.0875. The molecule has 0 bridgehead atoms. The summed E-state index contributed by atoms with van der Waals surface area (Å²) < 4.78 is 39.0. The Kier molecular flexibility index (Phi) is 5.08. The van der Waals surface area contributed by atoms with Gasteiger partial charge in [-0.05, 0) is 46.9 Å². The van der Waals surface area contributed by atoms with E-state index in [0.717, 1.165) is 40.4 Å². The lowest BCUT2D eigenvalue weighted by atomic mass is 9.90. The monoisotopic (exact) mass is 453 g/mol. The van der Waals surface area contributed by atoms with Crippen LogP contribution in [0.2, 0.25) is 0 Å². The molecular formula is C24H22F3N5O. The van der Waals surface area contributed by atoms with E-state index in [1.54, 1.807) is 11.0 Å². The Bertz CT molecular complexity index is 1220. The lowest BCUT2D eigenvalue weighted by Crippen LogP contribution is -2.38. The van der Waals surface area contributed by atoms with Gasteiger partial charge in [0.05, 0.1) is 17.9 Å². The van der Waals surface area contributed by atoms with E-state index < -0.39 is 17.9 Å². The van der Waals surface area contributed by atoms with Crippen molar-refractivity contribution in [2.45, 2.75) is 25.2 Å². The number of halogens is 3. The van der Waals surface area contributed by atoms with Crippen molar-refractivity contribution in [1.82, 2.24) is 4.90 Å². The number of rotatable bonds is 3. The highest BCUT2D eigenvalue weighted by Gasteiger charge is 2.37. The highest BCUT2D eigenvalue weighted by molar-refractivity contribution is 6.05. The quantitative estimate of drug-likeness (QED) is 0.774. The van der Waals surface area contributed by atoms with Crippen LogP contribution >= 0.6 is 0 Å². The molecule has 2 N–H and O–H groups in total. The second kappa shape index (κ2) is 7.84. The number of nitrogens with zero attached hydrogens (tertiary/aromatic N) is 4. The summed E-state index contributed by atoms with van der Waals surface area (Å²) in [6.45, 7) is 0.496. The molecule has 2 aromatic carbocycles. The summed E-state index contributed by atoms with van der Waals surface area (Å²) in [5.74, 6) is 0.502. The Labute approximate surface area is 188 Å². The number of aliphatic imine (C=N–C) groups is 2. The number of benzene rings is 2. The molecule has 3 aliphatic heterocycles. The standard InChI is InChI=1S/C24H22F3N5O/c1-31-12-18(21-22(28)29-13-30-23(21)31)15-5-6-19-16(11-15)7-8-32(19)20(33)10-14-3-2-4-17(9-14)24(25,26)27/h2-6,9,11-13,21-22H,7-8,10,28H2,1H3. The van der Waals surface area contributed by atoms with Gasteiger partial charge < -0.3 is 15.5 Å². The molecule has 2 unspecified atom stereocenters. The van der Waals surface area contributed by atoms with Gasteiger partial charge in [0.15, 0.2) is 0 Å². The normalized spacial score (nSPS) is 21.6. The molecule has 1 amide bonds. The third-order valence-corrected chi connectivity index (χ3v) is 6.30. The van der Waals surface area contributed by atoms with Crippen LogP contribution in [-0.2, 0) is 23.8 Å². The number of hydrogen-bond acceptors (Lipinski definition) is 5. The number of carbonyl (C=O) groups is 1. The van der Waals surface area contributed by atoms with E-state index in [2.05, 4.69) is 16.1 Å². The van der Waals surface area contributed by atoms with Gasteiger partial charge in [-0.2, -0.15) is 13.2 Å². The van der Waals surface area contributed by atoms with E-state index in [1.165, 1.54) is 12.4 Å². The predicted octanol–water partition coefficient (Wildman–Crippen LogP) is 3.46. The van der Waals surface area contributed by atoms with Crippen LogP contribution < -0.4 is 10.6 Å². The molecule has 0 saturated heterocycles. The molecule has 6 nitrogen and oxygen atoms in total. The molecule has 0 radical (unpaired) electrons. The maximum atomic E-state index is 13.0. The lowest BCUT2D eigenvalue weighted by molar-refractivity contribution is -0.137. The minimum Gasteiger partial charge on any atom is -0.339 e. The number of nitrogens with two attached hydrogens (primary N) is 1. The minimum atomic E-state index is -4.44. The zero-order chi connectivity index (χ0) is 23.3. The number of fused-ring (bicyclic) bond motifs is 2. The predicted molar refractivity (Wildman–Crippen MR) is 121 cm³/mol. The van der Waals surface area contributed by atoms with Gasteiger partial charge in [0.1, 0.15) is 18.3 Å². The molecule has 5 rings (SSSR count). The Morgan fingerprint density at radius 3 is 2.82 bits per heavy atom. The van der Waals surface area contributed by atoms with Crippen LogP contribution in [-0.4, -0.2) is 42.7 Å². The Morgan fingerprint density at radius 1 is 1.21 bits per heavy atom. The van der Waals surface area contributed by atoms with Gasteiger partial charge in [-0.3, -0.25) is 9.79 Å². The van der Waals surface area contributed by atoms with Crippen molar-refractivity contribution >= 4 is 29.3 Å². The third-order valence-electron chi connectivity index (χ3n) is 6.30. The van der Waals surface area contributed by atoms with E-state index in [4.69, 9.17) is 5.73 Å². The van der Waals surface area contributed by atoms with Crippen molar-refractivity contribution in [3.8, 4) is 0 Å². The summed E-state index contributed by atoms with van der Waals surface area (Å²) in [5.41, 5.74) is 9.66. The molecule has 0 aliphatic carbocycles. The Morgan fingerprint density at radius 2 is 2.03 bits per heavy atom. The highest BCUT2D eigenvalue weighted by atomic mass is 19.4. The topological polar surface area (TPSA) is 74.3 Å². The SMILES string of the molecule is CN1C=C(c2ccc3c(c2)CCN3C(=O)Cc2cccc(C(F)(F)F)c2)C2C1=NC=NC2N. The van der Waals surface area contributed by atoms with Gasteiger partial charge in [-0.1, -0.05) is 24.3 Å². The smallest absolute Gasteiger partial charge is 0.339 e. The molecule has 0 fully saturated rings. The summed E-state index contributed by atoms with van der Waals surface area (Å²) in [6, 6.07) is 10.8. The van der Waals surface area contributed by atoms with E-state index in [1.807, 2.05) is 30.3 Å². The first kappa shape index (κ1) is 21.4. The zero-order valence-electron chi connectivity index (χ0n) is 17.9. The van der Waals surface area contributed by atoms with Crippen molar-refractivity contribution in [2.75, 3.05) is 18.5 Å². The van der Waals surface area contributed by atoms with Gasteiger partial charge in [0.2, 0.25) is 5.91 Å². The first-order chi connectivity index (χ1) is 15.7. The largest absolute Gasteiger partial charge is 0.416 e. The Balaban J connectivity index is 1.37. The fourth-order valence-electron chi connectivity index (χ4n) is 4.70. The van der Waals surface area contributed by atoms with Crippen LogP contribution in [0.15, 0.2) is 58.6 Å². The first-order valence-electron chi connectivity index (χ1n) is 10.6. The molecule has 3 aliphatic rings. The Hall–Kier alpha value is -3.46. The average Bonchev–Trinajstić information content (AvgIpc) is 3.35. The van der Waals surface area contributed by atoms with Crippen molar-refractivity contribution in [2.24, 2.45) is 21.6 Å². The summed E-state index contributed by atoms with van der Waals surface area (Å²) in [7, 11) is 1.92. The van der Waals surface area contributed by atoms with Gasteiger partial charge in [-0.15, -0.1) is 0 Å². The molecule has 2 aromatic rings. The van der Waals surface area contributed by atoms with Crippen LogP contribution in [0.25, 0.3) is 5.57 Å². The number of carbonyl (C=O) groups excluding carboxylic acids is 1. The second-order valence-electron chi connectivity index (χ2n) is 8.43. The number of anilines is 1. The number of amidine groups is 1. The van der Waals surface area contributed by atoms with Gasteiger partial charge >= 0.3 is 6.18 Å². The number of hydrogen-bond donors (Lipinski definition) is 1. The van der Waals surface area contributed by atoms with E-state index in [0.29, 0.717) is 18.5 Å². The summed E-state index contributed by atoms with van der Waals surface area (Å²) in [6.07, 6.45) is -0.764. The van der Waals surface area contributed by atoms with E-state index in [-0.39, 0.29) is 18.2 Å². The van der Waals surface area contributed by atoms with E-state index >= 15 is 0 Å². The van der Waals surface area contributed by atoms with Gasteiger partial charge in [0, 0.05) is 25.5 Å². The molecule has 2 atom stereocenters. The van der Waals surface area contributed by atoms with Crippen molar-refractivity contribution in [3.63, 3.8) is 0 Å². The third kappa shape index (κ3) is 3.82. The summed E-state index contributed by atoms with van der Waals surface area (Å²) in [4.78, 5) is 25.1. The van der Waals surface area contributed by atoms with E-state index in [9.17, 15) is 18.0 Å². The summed E-state index contributed by atoms with van der Waals surface area (Å²) in [5, 5.41) is 0. The van der Waals surface area contributed by atoms with Crippen molar-refractivity contribution in [3.05, 3.63) is 70.9 Å². The highest BCUT2D eigenvalue weighted by Crippen LogP contribution is 2.38. The van der Waals surface area contributed by atoms with Crippen molar-refractivity contribution in [1.29, 1.82) is 0 Å². The van der Waals surface area contributed by atoms with Crippen molar-refractivity contribution < 1.29 is 18.0 Å². The zero-order valence-corrected chi connectivity index (χ0v) is 17.9. The fraction of sp³-hybridized carbons (Fsp3) is 0.292. The van der Waals surface area contributed by atoms with Crippen LogP contribution in [0.4, 0.5) is 18.9 Å². The van der Waals surface area contributed by atoms with Crippen LogP contribution in [0.5, 0.6) is 0 Å². The first-order valence-corrected chi connectivity index (χ1v) is 10.6. The molecular weight excluding hydrogens is 431 g/mol. The summed E-state index contributed by atoms with van der Waals surface area (Å²) >= 11 is 0. The second-order valence-corrected chi connectivity index (χ2v) is 8.43. The lowest BCUT2D eigenvalue weighted by Gasteiger charge is -2.24. The van der Waals surface area contributed by atoms with Crippen LogP contribution in [0, 0.1) is 5.92 Å². The molecule has 33 heavy (non-hydrogen) atoms. The molecule has 0 aromatic heterocycles.